The minimum absolute atomic E-state index is 0.0181. The third kappa shape index (κ3) is 4.57. The van der Waals surface area contributed by atoms with Gasteiger partial charge in [-0.05, 0) is 66.4 Å². The van der Waals surface area contributed by atoms with Crippen LogP contribution in [0, 0.1) is 11.7 Å². The topological polar surface area (TPSA) is 68.6 Å². The molecule has 0 radical (unpaired) electrons. The molecule has 35 heavy (non-hydrogen) atoms. The zero-order valence-corrected chi connectivity index (χ0v) is 19.0. The van der Waals surface area contributed by atoms with Gasteiger partial charge in [0.05, 0.1) is 4.90 Å². The molecule has 1 aromatic heterocycles. The molecule has 1 saturated heterocycles. The van der Waals surface area contributed by atoms with E-state index < -0.39 is 22.2 Å². The van der Waals surface area contributed by atoms with Crippen molar-refractivity contribution in [2.45, 2.75) is 30.1 Å². The third-order valence-electron chi connectivity index (χ3n) is 6.42. The summed E-state index contributed by atoms with van der Waals surface area (Å²) in [5.41, 5.74) is 1.22. The normalized spacial score (nSPS) is 20.3. The fourth-order valence-electron chi connectivity index (χ4n) is 4.91. The number of hydrogen-bond acceptors (Lipinski definition) is 4. The lowest BCUT2D eigenvalue weighted by atomic mass is 9.84. The van der Waals surface area contributed by atoms with Crippen molar-refractivity contribution in [2.24, 2.45) is 5.92 Å². The van der Waals surface area contributed by atoms with Crippen molar-refractivity contribution in [3.05, 3.63) is 82.5 Å². The summed E-state index contributed by atoms with van der Waals surface area (Å²) in [5, 5.41) is 0. The number of piperidine rings is 1. The predicted molar refractivity (Wildman–Crippen MR) is 119 cm³/mol. The minimum atomic E-state index is -4.80. The molecule has 11 heteroatoms. The minimum Gasteiger partial charge on any atom is -0.406 e. The second kappa shape index (κ2) is 8.49. The highest BCUT2D eigenvalue weighted by Gasteiger charge is 2.40. The van der Waals surface area contributed by atoms with E-state index in [9.17, 15) is 30.8 Å². The van der Waals surface area contributed by atoms with E-state index in [0.29, 0.717) is 23.4 Å². The lowest BCUT2D eigenvalue weighted by molar-refractivity contribution is -0.274. The van der Waals surface area contributed by atoms with Crippen molar-refractivity contribution in [2.75, 3.05) is 13.1 Å². The van der Waals surface area contributed by atoms with Gasteiger partial charge in [0.2, 0.25) is 10.0 Å². The van der Waals surface area contributed by atoms with Gasteiger partial charge in [0, 0.05) is 36.8 Å². The smallest absolute Gasteiger partial charge is 0.406 e. The fourth-order valence-corrected chi connectivity index (χ4v) is 6.47. The number of sulfonamides is 1. The summed E-state index contributed by atoms with van der Waals surface area (Å²) in [5.74, 6) is -1.18. The molecule has 2 aliphatic heterocycles. The summed E-state index contributed by atoms with van der Waals surface area (Å²) < 4.78 is 83.6. The Kier molecular flexibility index (Phi) is 5.71. The third-order valence-corrected chi connectivity index (χ3v) is 8.27. The van der Waals surface area contributed by atoms with E-state index >= 15 is 0 Å². The van der Waals surface area contributed by atoms with E-state index in [-0.39, 0.29) is 41.1 Å². The number of alkyl halides is 3. The zero-order valence-electron chi connectivity index (χ0n) is 18.2. The number of aromatic nitrogens is 1. The SMILES string of the molecule is O=c1c(-c2ccc(OC(F)(F)F)cc2)ccc2n1CC1CC2CN(S(=O)(=O)c2ccc(F)cc2)C1. The maximum absolute atomic E-state index is 13.3. The van der Waals surface area contributed by atoms with Crippen LogP contribution in [0.15, 0.2) is 70.4 Å². The van der Waals surface area contributed by atoms with Gasteiger partial charge in [-0.1, -0.05) is 12.1 Å². The van der Waals surface area contributed by atoms with Crippen LogP contribution in [0.4, 0.5) is 17.6 Å². The standard InChI is InChI=1S/C24H20F4N2O4S/c25-18-3-7-20(8-4-18)35(32,33)29-12-15-11-17(14-29)22-10-9-21(23(31)30(22)13-15)16-1-5-19(6-2-16)34-24(26,27)28/h1-10,15,17H,11-14H2. The molecule has 5 rings (SSSR count). The Bertz CT molecular complexity index is 1420. The first-order valence-electron chi connectivity index (χ1n) is 10.9. The van der Waals surface area contributed by atoms with E-state index in [0.717, 1.165) is 30.7 Å². The number of rotatable bonds is 4. The zero-order chi connectivity index (χ0) is 25.0. The quantitative estimate of drug-likeness (QED) is 0.491. The van der Waals surface area contributed by atoms with Crippen LogP contribution in [0.25, 0.3) is 11.1 Å². The molecule has 2 aliphatic rings. The number of ether oxygens (including phenoxy) is 1. The molecule has 0 aliphatic carbocycles. The fraction of sp³-hybridized carbons (Fsp3) is 0.292. The Labute approximate surface area is 198 Å². The van der Waals surface area contributed by atoms with Crippen LogP contribution in [0.5, 0.6) is 5.75 Å². The Balaban J connectivity index is 1.42. The van der Waals surface area contributed by atoms with E-state index in [1.165, 1.54) is 28.6 Å². The number of fused-ring (bicyclic) bond motifs is 4. The first kappa shape index (κ1) is 23.6. The number of pyridine rings is 1. The maximum atomic E-state index is 13.3. The average Bonchev–Trinajstić information content (AvgIpc) is 2.80. The summed E-state index contributed by atoms with van der Waals surface area (Å²) in [6.45, 7) is 0.748. The molecular formula is C24H20F4N2O4S. The highest BCUT2D eigenvalue weighted by atomic mass is 32.2. The van der Waals surface area contributed by atoms with Gasteiger partial charge in [-0.2, -0.15) is 4.31 Å². The molecule has 2 atom stereocenters. The average molecular weight is 508 g/mol. The summed E-state index contributed by atoms with van der Waals surface area (Å²) in [6.07, 6.45) is -4.07. The van der Waals surface area contributed by atoms with Crippen LogP contribution in [-0.4, -0.2) is 36.7 Å². The Hall–Kier alpha value is -3.18. The Morgan fingerprint density at radius 2 is 1.57 bits per heavy atom. The predicted octanol–water partition coefficient (Wildman–Crippen LogP) is 4.36. The van der Waals surface area contributed by atoms with E-state index in [4.69, 9.17) is 0 Å². The second-order valence-electron chi connectivity index (χ2n) is 8.73. The number of hydrogen-bond donors (Lipinski definition) is 0. The van der Waals surface area contributed by atoms with Gasteiger partial charge in [0.15, 0.2) is 0 Å². The summed E-state index contributed by atoms with van der Waals surface area (Å²) in [6, 6.07) is 13.2. The van der Waals surface area contributed by atoms with Crippen LogP contribution < -0.4 is 10.3 Å². The molecule has 1 fully saturated rings. The molecule has 0 N–H and O–H groups in total. The molecule has 0 spiro atoms. The summed E-state index contributed by atoms with van der Waals surface area (Å²) in [7, 11) is -3.81. The highest BCUT2D eigenvalue weighted by molar-refractivity contribution is 7.89. The molecule has 2 bridgehead atoms. The highest BCUT2D eigenvalue weighted by Crippen LogP contribution is 2.38. The second-order valence-corrected chi connectivity index (χ2v) is 10.7. The lowest BCUT2D eigenvalue weighted by Crippen LogP contribution is -2.49. The molecule has 6 nitrogen and oxygen atoms in total. The van der Waals surface area contributed by atoms with Gasteiger partial charge in [0.1, 0.15) is 11.6 Å². The molecular weight excluding hydrogens is 488 g/mol. The van der Waals surface area contributed by atoms with Gasteiger partial charge in [0.25, 0.3) is 5.56 Å². The molecule has 0 amide bonds. The van der Waals surface area contributed by atoms with Gasteiger partial charge in [-0.3, -0.25) is 4.79 Å². The van der Waals surface area contributed by atoms with Gasteiger partial charge in [-0.15, -0.1) is 13.2 Å². The molecule has 184 valence electrons. The van der Waals surface area contributed by atoms with E-state index in [2.05, 4.69) is 4.74 Å². The number of halogens is 4. The van der Waals surface area contributed by atoms with Gasteiger partial charge >= 0.3 is 6.36 Å². The van der Waals surface area contributed by atoms with Crippen LogP contribution >= 0.6 is 0 Å². The first-order chi connectivity index (χ1) is 16.5. The maximum Gasteiger partial charge on any atom is 0.573 e. The number of benzene rings is 2. The molecule has 3 aromatic rings. The summed E-state index contributed by atoms with van der Waals surface area (Å²) >= 11 is 0. The van der Waals surface area contributed by atoms with Crippen LogP contribution in [0.3, 0.4) is 0 Å². The van der Waals surface area contributed by atoms with Gasteiger partial charge in [-0.25, -0.2) is 12.8 Å². The van der Waals surface area contributed by atoms with Crippen molar-refractivity contribution in [3.8, 4) is 16.9 Å². The Morgan fingerprint density at radius 1 is 0.886 bits per heavy atom. The van der Waals surface area contributed by atoms with Crippen LogP contribution in [0.2, 0.25) is 0 Å². The van der Waals surface area contributed by atoms with E-state index in [1.54, 1.807) is 16.7 Å². The van der Waals surface area contributed by atoms with Crippen LogP contribution in [0.1, 0.15) is 18.0 Å². The van der Waals surface area contributed by atoms with Crippen molar-refractivity contribution in [1.82, 2.24) is 8.87 Å². The summed E-state index contributed by atoms with van der Waals surface area (Å²) in [4.78, 5) is 13.3. The largest absolute Gasteiger partial charge is 0.573 e. The Morgan fingerprint density at radius 3 is 2.23 bits per heavy atom. The van der Waals surface area contributed by atoms with Crippen molar-refractivity contribution in [1.29, 1.82) is 0 Å². The van der Waals surface area contributed by atoms with Gasteiger partial charge < -0.3 is 9.30 Å². The monoisotopic (exact) mass is 508 g/mol. The van der Waals surface area contributed by atoms with Crippen molar-refractivity contribution < 1.29 is 30.7 Å². The molecule has 2 unspecified atom stereocenters. The van der Waals surface area contributed by atoms with Crippen LogP contribution in [-0.2, 0) is 16.6 Å². The van der Waals surface area contributed by atoms with E-state index in [1.807, 2.05) is 0 Å². The molecule has 3 heterocycles. The number of nitrogens with zero attached hydrogens (tertiary/aromatic N) is 2. The molecule has 0 saturated carbocycles. The first-order valence-corrected chi connectivity index (χ1v) is 12.3. The molecule has 2 aromatic carbocycles. The van der Waals surface area contributed by atoms with Crippen molar-refractivity contribution >= 4 is 10.0 Å². The lowest BCUT2D eigenvalue weighted by Gasteiger charge is -2.42. The van der Waals surface area contributed by atoms with Crippen molar-refractivity contribution in [3.63, 3.8) is 0 Å².